The molecule has 1 N–H and O–H groups in total. The van der Waals surface area contributed by atoms with Gasteiger partial charge in [0.2, 0.25) is 0 Å². The van der Waals surface area contributed by atoms with Crippen LogP contribution in [0.4, 0.5) is 6.01 Å². The Morgan fingerprint density at radius 3 is 2.81 bits per heavy atom. The number of hydrogen-bond acceptors (Lipinski definition) is 13. The molecule has 14 nitrogen and oxygen atoms in total. The molecule has 0 saturated carbocycles. The van der Waals surface area contributed by atoms with Gasteiger partial charge in [-0.05, 0) is 40.9 Å². The molecule has 0 aliphatic rings. The van der Waals surface area contributed by atoms with Gasteiger partial charge in [0.15, 0.2) is 11.6 Å². The molecule has 5 rings (SSSR count). The quantitative estimate of drug-likeness (QED) is 0.307. The number of carbonyl (C=O) groups is 1. The summed E-state index contributed by atoms with van der Waals surface area (Å²) in [6, 6.07) is 8.33. The van der Waals surface area contributed by atoms with Crippen LogP contribution in [0.3, 0.4) is 0 Å². The van der Waals surface area contributed by atoms with Crippen LogP contribution in [0, 0.1) is 6.92 Å². The third kappa shape index (κ3) is 4.85. The van der Waals surface area contributed by atoms with Crippen LogP contribution < -0.4 is 20.6 Å². The van der Waals surface area contributed by atoms with Gasteiger partial charge in [-0.2, -0.15) is 0 Å². The van der Waals surface area contributed by atoms with Crippen LogP contribution in [-0.2, 0) is 13.2 Å². The minimum Gasteiger partial charge on any atom is -0.496 e. The molecule has 0 aliphatic carbocycles. The van der Waals surface area contributed by atoms with E-state index < -0.39 is 11.7 Å². The summed E-state index contributed by atoms with van der Waals surface area (Å²) >= 11 is 1.44. The molecule has 0 atom stereocenters. The van der Waals surface area contributed by atoms with Gasteiger partial charge in [0.05, 0.1) is 17.6 Å². The average molecular weight is 511 g/mol. The van der Waals surface area contributed by atoms with Crippen LogP contribution in [0.5, 0.6) is 11.5 Å². The molecule has 1 aromatic carbocycles. The van der Waals surface area contributed by atoms with Crippen molar-refractivity contribution in [2.24, 2.45) is 0 Å². The Balaban J connectivity index is 1.25. The number of thiophene rings is 1. The average Bonchev–Trinajstić information content (AvgIpc) is 3.67. The van der Waals surface area contributed by atoms with Crippen LogP contribution >= 0.6 is 11.3 Å². The van der Waals surface area contributed by atoms with Crippen molar-refractivity contribution in [3.8, 4) is 22.3 Å². The third-order valence-electron chi connectivity index (χ3n) is 4.90. The summed E-state index contributed by atoms with van der Waals surface area (Å²) < 4.78 is 27.9. The lowest BCUT2D eigenvalue weighted by Crippen LogP contribution is -2.14. The Bertz CT molecular complexity index is 1550. The zero-order valence-electron chi connectivity index (χ0n) is 18.8. The number of nitrogens with zero attached hydrogens (tertiary/aromatic N) is 6. The lowest BCUT2D eigenvalue weighted by Gasteiger charge is -2.11. The number of carbonyl (C=O) groups excluding carboxylic acids is 1. The predicted octanol–water partition coefficient (Wildman–Crippen LogP) is 2.53. The fourth-order valence-electron chi connectivity index (χ4n) is 3.14. The fraction of sp³-hybridized carbons (Fsp3) is 0.190. The van der Waals surface area contributed by atoms with Gasteiger partial charge in [0, 0.05) is 6.07 Å². The molecule has 0 radical (unpaired) electrons. The summed E-state index contributed by atoms with van der Waals surface area (Å²) in [6.45, 7) is 1.69. The van der Waals surface area contributed by atoms with Crippen molar-refractivity contribution < 1.29 is 27.5 Å². The first-order chi connectivity index (χ1) is 17.5. The third-order valence-corrected chi connectivity index (χ3v) is 5.76. The van der Waals surface area contributed by atoms with E-state index in [9.17, 15) is 9.59 Å². The fourth-order valence-corrected chi connectivity index (χ4v) is 3.78. The summed E-state index contributed by atoms with van der Waals surface area (Å²) in [6.07, 6.45) is 0. The first kappa shape index (κ1) is 23.0. The molecular formula is C21H17N7O7S. The highest BCUT2D eigenvalue weighted by Gasteiger charge is 2.18. The van der Waals surface area contributed by atoms with Gasteiger partial charge in [-0.15, -0.1) is 21.5 Å². The summed E-state index contributed by atoms with van der Waals surface area (Å²) in [5.41, 5.74) is 0.232. The molecule has 184 valence electrons. The second-order valence-corrected chi connectivity index (χ2v) is 8.13. The summed E-state index contributed by atoms with van der Waals surface area (Å²) in [5, 5.41) is 23.7. The molecule has 5 aromatic rings. The van der Waals surface area contributed by atoms with Crippen LogP contribution in [0.2, 0.25) is 0 Å². The SMILES string of the molecule is COc1cc(OCc2nnnn2Cc2oc(=O)oc2C)ccc1C(=O)Nc1nnc(-c2cccs2)o1. The zero-order chi connectivity index (χ0) is 25.1. The summed E-state index contributed by atoms with van der Waals surface area (Å²) in [7, 11) is 1.43. The smallest absolute Gasteiger partial charge is 0.496 e. The Hall–Kier alpha value is -4.79. The van der Waals surface area contributed by atoms with Crippen LogP contribution in [0.1, 0.15) is 27.7 Å². The normalized spacial score (nSPS) is 10.9. The Morgan fingerprint density at radius 1 is 1.17 bits per heavy atom. The molecule has 0 spiro atoms. The first-order valence-corrected chi connectivity index (χ1v) is 11.2. The highest BCUT2D eigenvalue weighted by Crippen LogP contribution is 2.28. The number of amides is 1. The summed E-state index contributed by atoms with van der Waals surface area (Å²) in [4.78, 5) is 24.8. The lowest BCUT2D eigenvalue weighted by molar-refractivity contribution is 0.102. The van der Waals surface area contributed by atoms with Crippen molar-refractivity contribution in [1.29, 1.82) is 0 Å². The van der Waals surface area contributed by atoms with Crippen molar-refractivity contribution in [3.05, 3.63) is 69.2 Å². The highest BCUT2D eigenvalue weighted by molar-refractivity contribution is 7.13. The van der Waals surface area contributed by atoms with Crippen molar-refractivity contribution in [1.82, 2.24) is 30.4 Å². The number of anilines is 1. The van der Waals surface area contributed by atoms with Gasteiger partial charge in [-0.3, -0.25) is 10.1 Å². The lowest BCUT2D eigenvalue weighted by atomic mass is 10.2. The van der Waals surface area contributed by atoms with E-state index in [2.05, 4.69) is 31.0 Å². The van der Waals surface area contributed by atoms with E-state index >= 15 is 0 Å². The number of aromatic nitrogens is 6. The topological polar surface area (TPSA) is 173 Å². The van der Waals surface area contributed by atoms with Crippen molar-refractivity contribution >= 4 is 23.3 Å². The van der Waals surface area contributed by atoms with Crippen molar-refractivity contribution in [3.63, 3.8) is 0 Å². The van der Waals surface area contributed by atoms with E-state index in [1.54, 1.807) is 19.1 Å². The van der Waals surface area contributed by atoms with Crippen LogP contribution in [0.25, 0.3) is 10.8 Å². The molecule has 1 amide bonds. The summed E-state index contributed by atoms with van der Waals surface area (Å²) in [5.74, 6) is 0.687. The molecule has 4 aromatic heterocycles. The molecule has 0 aliphatic heterocycles. The molecule has 0 unspecified atom stereocenters. The maximum absolute atomic E-state index is 12.8. The van der Waals surface area contributed by atoms with E-state index in [1.165, 1.54) is 29.2 Å². The van der Waals surface area contributed by atoms with E-state index in [-0.39, 0.29) is 30.5 Å². The van der Waals surface area contributed by atoms with Crippen molar-refractivity contribution in [2.75, 3.05) is 12.4 Å². The number of benzene rings is 1. The predicted molar refractivity (Wildman–Crippen MR) is 122 cm³/mol. The zero-order valence-corrected chi connectivity index (χ0v) is 19.6. The molecule has 4 heterocycles. The van der Waals surface area contributed by atoms with E-state index in [0.717, 1.165) is 4.88 Å². The molecule has 0 bridgehead atoms. The maximum Gasteiger partial charge on any atom is 0.519 e. The van der Waals surface area contributed by atoms with Gasteiger partial charge < -0.3 is 22.7 Å². The number of rotatable bonds is 9. The van der Waals surface area contributed by atoms with Crippen LogP contribution in [-0.4, -0.2) is 43.4 Å². The van der Waals surface area contributed by atoms with Crippen molar-refractivity contribution in [2.45, 2.75) is 20.1 Å². The number of ether oxygens (including phenoxy) is 2. The standard InChI is InChI=1S/C21H17N7O7S/c1-11-15(34-21(30)33-11)9-28-17(23-26-27-28)10-32-12-5-6-13(14(8-12)31-2)18(29)22-20-25-24-19(35-20)16-4-3-7-36-16/h3-8H,9-10H2,1-2H3,(H,22,25,29). The number of hydrogen-bond donors (Lipinski definition) is 1. The van der Waals surface area contributed by atoms with Gasteiger partial charge in [0.25, 0.3) is 11.8 Å². The van der Waals surface area contributed by atoms with E-state index in [1.807, 2.05) is 17.5 Å². The van der Waals surface area contributed by atoms with Gasteiger partial charge in [-0.1, -0.05) is 11.2 Å². The van der Waals surface area contributed by atoms with E-state index in [0.29, 0.717) is 29.0 Å². The van der Waals surface area contributed by atoms with E-state index in [4.69, 9.17) is 22.7 Å². The molecule has 0 fully saturated rings. The molecule has 0 saturated heterocycles. The number of methoxy groups -OCH3 is 1. The molecule has 15 heteroatoms. The minimum absolute atomic E-state index is 0.00366. The second-order valence-electron chi connectivity index (χ2n) is 7.18. The highest BCUT2D eigenvalue weighted by atomic mass is 32.1. The Labute approximate surface area is 205 Å². The number of tetrazole rings is 1. The maximum atomic E-state index is 12.8. The second kappa shape index (κ2) is 9.83. The number of nitrogens with one attached hydrogen (secondary N) is 1. The number of aryl methyl sites for hydroxylation is 1. The molecular weight excluding hydrogens is 494 g/mol. The monoisotopic (exact) mass is 511 g/mol. The van der Waals surface area contributed by atoms with Gasteiger partial charge >= 0.3 is 11.8 Å². The largest absolute Gasteiger partial charge is 0.519 e. The van der Waals surface area contributed by atoms with Gasteiger partial charge in [-0.25, -0.2) is 9.48 Å². The molecule has 36 heavy (non-hydrogen) atoms. The van der Waals surface area contributed by atoms with Crippen LogP contribution in [0.15, 0.2) is 53.8 Å². The van der Waals surface area contributed by atoms with Gasteiger partial charge in [0.1, 0.15) is 30.4 Å². The minimum atomic E-state index is -0.799. The first-order valence-electron chi connectivity index (χ1n) is 10.3. The Morgan fingerprint density at radius 2 is 2.06 bits per heavy atom. The Kier molecular flexibility index (Phi) is 6.27.